The number of hydrogen-bond donors (Lipinski definition) is 1. The Hall–Kier alpha value is -5.15. The van der Waals surface area contributed by atoms with Crippen molar-refractivity contribution >= 4 is 17.6 Å². The van der Waals surface area contributed by atoms with Crippen LogP contribution in [0.5, 0.6) is 0 Å². The molecule has 2 aliphatic rings. The van der Waals surface area contributed by atoms with Gasteiger partial charge in [0.1, 0.15) is 11.7 Å². The first-order valence-electron chi connectivity index (χ1n) is 10.6. The molecule has 0 fully saturated rings. The number of hydrogen-bond acceptors (Lipinski definition) is 11. The van der Waals surface area contributed by atoms with E-state index in [0.29, 0.717) is 0 Å². The number of nitrogens with zero attached hydrogens (tertiary/aromatic N) is 5. The molecular formula is C24H20N6O6. The molecule has 0 aromatic heterocycles. The highest BCUT2D eigenvalue weighted by molar-refractivity contribution is 6.00. The van der Waals surface area contributed by atoms with Gasteiger partial charge in [-0.2, -0.15) is 15.8 Å². The third kappa shape index (κ3) is 3.89. The molecule has 0 saturated carbocycles. The number of carbonyl (C=O) groups excluding carboxylic acids is 2. The molecule has 12 heteroatoms. The van der Waals surface area contributed by atoms with E-state index in [1.54, 1.807) is 6.92 Å². The average molecular weight is 488 g/mol. The van der Waals surface area contributed by atoms with Gasteiger partial charge in [-0.3, -0.25) is 10.1 Å². The van der Waals surface area contributed by atoms with E-state index in [2.05, 4.69) is 0 Å². The Kier molecular flexibility index (Phi) is 7.07. The molecule has 0 unspecified atom stereocenters. The molecule has 0 saturated heterocycles. The van der Waals surface area contributed by atoms with Gasteiger partial charge in [-0.05, 0) is 19.4 Å². The van der Waals surface area contributed by atoms with Crippen LogP contribution in [0.25, 0.3) is 0 Å². The van der Waals surface area contributed by atoms with E-state index >= 15 is 0 Å². The molecule has 36 heavy (non-hydrogen) atoms. The van der Waals surface area contributed by atoms with Crippen LogP contribution in [-0.2, 0) is 19.1 Å². The van der Waals surface area contributed by atoms with Crippen LogP contribution in [0.1, 0.15) is 25.3 Å². The van der Waals surface area contributed by atoms with Crippen LogP contribution < -0.4 is 5.73 Å². The Morgan fingerprint density at radius 2 is 1.89 bits per heavy atom. The summed E-state index contributed by atoms with van der Waals surface area (Å²) in [5.74, 6) is -5.81. The molecule has 0 bridgehead atoms. The quantitative estimate of drug-likeness (QED) is 0.350. The molecule has 12 nitrogen and oxygen atoms in total. The fourth-order valence-corrected chi connectivity index (χ4v) is 4.54. The SMILES string of the molecule is CCOC(=O)C1=C(C)N2C(N)=C(C#N)[C@@H](C(C#N)C#N)C2=C(C(=O)OC)[C@@H]1c1cccc([N+](=O)[O-])c1. The summed E-state index contributed by atoms with van der Waals surface area (Å²) in [7, 11) is 1.10. The number of nitrogens with two attached hydrogens (primary N) is 1. The molecule has 2 atom stereocenters. The number of nitro groups is 1. The van der Waals surface area contributed by atoms with Crippen LogP contribution in [0.4, 0.5) is 5.69 Å². The normalized spacial score (nSPS) is 18.9. The second kappa shape index (κ2) is 10.00. The average Bonchev–Trinajstić information content (AvgIpc) is 3.16. The predicted molar refractivity (Wildman–Crippen MR) is 121 cm³/mol. The van der Waals surface area contributed by atoms with Crippen molar-refractivity contribution in [3.63, 3.8) is 0 Å². The minimum absolute atomic E-state index is 0.0102. The molecule has 182 valence electrons. The molecular weight excluding hydrogens is 468 g/mol. The topological polar surface area (TPSA) is 196 Å². The van der Waals surface area contributed by atoms with Crippen molar-refractivity contribution in [3.8, 4) is 18.2 Å². The van der Waals surface area contributed by atoms with Gasteiger partial charge >= 0.3 is 11.9 Å². The highest BCUT2D eigenvalue weighted by atomic mass is 16.6. The van der Waals surface area contributed by atoms with Gasteiger partial charge in [-0.25, -0.2) is 9.59 Å². The van der Waals surface area contributed by atoms with Gasteiger partial charge in [-0.15, -0.1) is 0 Å². The third-order valence-corrected chi connectivity index (χ3v) is 5.99. The Morgan fingerprint density at radius 3 is 2.42 bits per heavy atom. The summed E-state index contributed by atoms with van der Waals surface area (Å²) in [5, 5.41) is 40.6. The largest absolute Gasteiger partial charge is 0.466 e. The zero-order valence-corrected chi connectivity index (χ0v) is 19.5. The summed E-state index contributed by atoms with van der Waals surface area (Å²) >= 11 is 0. The number of allylic oxidation sites excluding steroid dienone is 2. The lowest BCUT2D eigenvalue weighted by Gasteiger charge is -2.37. The number of carbonyl (C=O) groups is 2. The van der Waals surface area contributed by atoms with Gasteiger partial charge in [0, 0.05) is 23.5 Å². The summed E-state index contributed by atoms with van der Waals surface area (Å²) in [5.41, 5.74) is 5.96. The van der Waals surface area contributed by atoms with Crippen molar-refractivity contribution < 1.29 is 24.0 Å². The Bertz CT molecular complexity index is 1370. The Balaban J connectivity index is 2.50. The number of ether oxygens (including phenoxy) is 2. The molecule has 3 rings (SSSR count). The number of fused-ring (bicyclic) bond motifs is 1. The molecule has 1 aromatic carbocycles. The number of esters is 2. The van der Waals surface area contributed by atoms with Gasteiger partial charge in [0.15, 0.2) is 0 Å². The van der Waals surface area contributed by atoms with Crippen LogP contribution in [0.3, 0.4) is 0 Å². The van der Waals surface area contributed by atoms with Gasteiger partial charge in [-0.1, -0.05) is 12.1 Å². The number of rotatable bonds is 6. The minimum Gasteiger partial charge on any atom is -0.466 e. The summed E-state index contributed by atoms with van der Waals surface area (Å²) < 4.78 is 10.2. The van der Waals surface area contributed by atoms with Crippen LogP contribution >= 0.6 is 0 Å². The Morgan fingerprint density at radius 1 is 1.22 bits per heavy atom. The van der Waals surface area contributed by atoms with E-state index in [9.17, 15) is 35.5 Å². The first-order valence-corrected chi connectivity index (χ1v) is 10.6. The van der Waals surface area contributed by atoms with Crippen molar-refractivity contribution in [1.29, 1.82) is 15.8 Å². The van der Waals surface area contributed by atoms with E-state index in [1.165, 1.54) is 36.1 Å². The minimum atomic E-state index is -1.42. The molecule has 2 heterocycles. The molecule has 2 aliphatic heterocycles. The second-order valence-electron chi connectivity index (χ2n) is 7.75. The van der Waals surface area contributed by atoms with Gasteiger partial charge < -0.3 is 20.1 Å². The van der Waals surface area contributed by atoms with Crippen molar-refractivity contribution in [3.05, 3.63) is 73.9 Å². The van der Waals surface area contributed by atoms with E-state index in [0.717, 1.165) is 7.11 Å². The monoisotopic (exact) mass is 488 g/mol. The van der Waals surface area contributed by atoms with Gasteiger partial charge in [0.2, 0.25) is 0 Å². The van der Waals surface area contributed by atoms with E-state index in [-0.39, 0.29) is 51.8 Å². The van der Waals surface area contributed by atoms with Gasteiger partial charge in [0.25, 0.3) is 5.69 Å². The first-order chi connectivity index (χ1) is 17.2. The fourth-order valence-electron chi connectivity index (χ4n) is 4.54. The summed E-state index contributed by atoms with van der Waals surface area (Å²) in [6.45, 7) is 3.08. The highest BCUT2D eigenvalue weighted by Gasteiger charge is 2.51. The molecule has 1 aromatic rings. The fraction of sp³-hybridized carbons (Fsp3) is 0.292. The van der Waals surface area contributed by atoms with Crippen molar-refractivity contribution in [2.24, 2.45) is 17.6 Å². The third-order valence-electron chi connectivity index (χ3n) is 5.99. The lowest BCUT2D eigenvalue weighted by atomic mass is 9.75. The number of nitriles is 3. The van der Waals surface area contributed by atoms with Crippen LogP contribution in [0.15, 0.2) is 58.2 Å². The van der Waals surface area contributed by atoms with E-state index in [4.69, 9.17) is 15.2 Å². The van der Waals surface area contributed by atoms with E-state index < -0.39 is 34.6 Å². The molecule has 0 spiro atoms. The number of nitro benzene ring substituents is 1. The second-order valence-corrected chi connectivity index (χ2v) is 7.75. The van der Waals surface area contributed by atoms with Crippen molar-refractivity contribution in [2.75, 3.05) is 13.7 Å². The standard InChI is InChI=1S/C24H20N6O6/c1-4-36-24(32)17-12(2)29-21(18(14(9-25)10-26)16(11-27)22(29)28)20(23(31)35-3)19(17)13-6-5-7-15(8-13)30(33)34/h5-8,14,18-19H,4,28H2,1-3H3/t18-,19-/m1/s1. The zero-order valence-electron chi connectivity index (χ0n) is 19.5. The maximum Gasteiger partial charge on any atom is 0.336 e. The molecule has 0 amide bonds. The van der Waals surface area contributed by atoms with Gasteiger partial charge in [0.05, 0.1) is 65.4 Å². The van der Waals surface area contributed by atoms with Crippen molar-refractivity contribution in [1.82, 2.24) is 4.90 Å². The maximum atomic E-state index is 13.3. The van der Waals surface area contributed by atoms with Crippen LogP contribution in [-0.4, -0.2) is 35.5 Å². The van der Waals surface area contributed by atoms with Crippen molar-refractivity contribution in [2.45, 2.75) is 19.8 Å². The summed E-state index contributed by atoms with van der Waals surface area (Å²) in [6, 6.07) is 10.9. The highest BCUT2D eigenvalue weighted by Crippen LogP contribution is 2.52. The number of non-ortho nitro benzene ring substituents is 1. The summed E-state index contributed by atoms with van der Waals surface area (Å²) in [4.78, 5) is 38.6. The predicted octanol–water partition coefficient (Wildman–Crippen LogP) is 2.25. The van der Waals surface area contributed by atoms with Crippen LogP contribution in [0, 0.1) is 55.9 Å². The van der Waals surface area contributed by atoms with Crippen LogP contribution in [0.2, 0.25) is 0 Å². The number of methoxy groups -OCH3 is 1. The smallest absolute Gasteiger partial charge is 0.336 e. The first kappa shape index (κ1) is 25.5. The Labute approximate surface area is 205 Å². The lowest BCUT2D eigenvalue weighted by Crippen LogP contribution is -2.37. The zero-order chi connectivity index (χ0) is 26.7. The summed E-state index contributed by atoms with van der Waals surface area (Å²) in [6.07, 6.45) is 0. The molecule has 0 radical (unpaired) electrons. The van der Waals surface area contributed by atoms with E-state index in [1.807, 2.05) is 18.2 Å². The maximum absolute atomic E-state index is 13.3. The number of benzene rings is 1. The molecule has 2 N–H and O–H groups in total. The lowest BCUT2D eigenvalue weighted by molar-refractivity contribution is -0.384. The molecule has 0 aliphatic carbocycles.